The lowest BCUT2D eigenvalue weighted by Crippen LogP contribution is -2.51. The molecule has 0 aromatic heterocycles. The van der Waals surface area contributed by atoms with Crippen LogP contribution in [0, 0.1) is 5.92 Å². The molecule has 0 aliphatic carbocycles. The lowest BCUT2D eigenvalue weighted by atomic mass is 9.76. The average Bonchev–Trinajstić information content (AvgIpc) is 2.46. The highest BCUT2D eigenvalue weighted by Crippen LogP contribution is 2.37. The van der Waals surface area contributed by atoms with Gasteiger partial charge >= 0.3 is 6.18 Å². The molecule has 2 fully saturated rings. The van der Waals surface area contributed by atoms with E-state index < -0.39 is 11.7 Å². The molecule has 2 nitrogen and oxygen atoms in total. The summed E-state index contributed by atoms with van der Waals surface area (Å²) in [6.07, 6.45) is 0.451. The molecule has 0 radical (unpaired) electrons. The lowest BCUT2D eigenvalue weighted by molar-refractivity contribution is -0.138. The summed E-state index contributed by atoms with van der Waals surface area (Å²) >= 11 is 0. The molecule has 1 aromatic rings. The summed E-state index contributed by atoms with van der Waals surface area (Å²) in [5.41, 5.74) is -0.574. The van der Waals surface area contributed by atoms with Crippen molar-refractivity contribution in [2.24, 2.45) is 5.92 Å². The highest BCUT2D eigenvalue weighted by molar-refractivity contribution is 5.83. The molecule has 3 rings (SSSR count). The van der Waals surface area contributed by atoms with Gasteiger partial charge in [-0.25, -0.2) is 0 Å². The number of benzene rings is 1. The predicted molar refractivity (Wildman–Crippen MR) is 82.1 cm³/mol. The zero-order valence-electron chi connectivity index (χ0n) is 13.3. The minimum absolute atomic E-state index is 0.0355. The molecule has 2 aliphatic heterocycles. The normalized spacial score (nSPS) is 28.6. The van der Waals surface area contributed by atoms with Crippen LogP contribution in [0.5, 0.6) is 0 Å². The van der Waals surface area contributed by atoms with Crippen molar-refractivity contribution in [2.45, 2.75) is 56.8 Å². The van der Waals surface area contributed by atoms with Crippen molar-refractivity contribution in [3.8, 4) is 0 Å². The van der Waals surface area contributed by atoms with Crippen molar-refractivity contribution in [1.29, 1.82) is 0 Å². The van der Waals surface area contributed by atoms with E-state index in [1.54, 1.807) is 6.07 Å². The zero-order chi connectivity index (χ0) is 16.6. The fourth-order valence-corrected chi connectivity index (χ4v) is 4.16. The van der Waals surface area contributed by atoms with E-state index in [1.165, 1.54) is 18.6 Å². The van der Waals surface area contributed by atoms with Crippen LogP contribution in [0.25, 0.3) is 0 Å². The third kappa shape index (κ3) is 3.44. The Morgan fingerprint density at radius 2 is 1.78 bits per heavy atom. The van der Waals surface area contributed by atoms with Crippen LogP contribution in [0.2, 0.25) is 0 Å². The maximum absolute atomic E-state index is 13.1. The molecule has 2 bridgehead atoms. The van der Waals surface area contributed by atoms with Crippen LogP contribution in [-0.4, -0.2) is 29.8 Å². The second-order valence-electron chi connectivity index (χ2n) is 6.87. The smallest absolute Gasteiger partial charge is 0.300 e. The van der Waals surface area contributed by atoms with Crippen LogP contribution in [-0.2, 0) is 17.4 Å². The lowest BCUT2D eigenvalue weighted by Gasteiger charge is -2.46. The molecule has 2 unspecified atom stereocenters. The van der Waals surface area contributed by atoms with E-state index in [2.05, 4.69) is 11.9 Å². The Kier molecular flexibility index (Phi) is 4.50. The highest BCUT2D eigenvalue weighted by atomic mass is 19.4. The quantitative estimate of drug-likeness (QED) is 0.834. The number of piperidine rings is 2. The molecule has 0 amide bonds. The Labute approximate surface area is 134 Å². The standard InChI is InChI=1S/C18H22F3NO/c1-22-14-6-4-7-15(22)10-13(9-14)17(23)11-12-5-2-3-8-16(12)18(19,20)21/h2-3,5,8,13-15H,4,6-7,9-11H2,1H3. The number of Topliss-reactive ketones (excluding diaryl/α,β-unsaturated/α-hetero) is 1. The van der Waals surface area contributed by atoms with Crippen molar-refractivity contribution in [2.75, 3.05) is 7.05 Å². The van der Waals surface area contributed by atoms with Crippen LogP contribution in [0.1, 0.15) is 43.2 Å². The van der Waals surface area contributed by atoms with Crippen molar-refractivity contribution < 1.29 is 18.0 Å². The topological polar surface area (TPSA) is 20.3 Å². The summed E-state index contributed by atoms with van der Waals surface area (Å²) in [6.45, 7) is 0. The minimum Gasteiger partial charge on any atom is -0.300 e. The zero-order valence-corrected chi connectivity index (χ0v) is 13.3. The second kappa shape index (κ2) is 6.27. The first-order valence-corrected chi connectivity index (χ1v) is 8.26. The summed E-state index contributed by atoms with van der Waals surface area (Å²) in [7, 11) is 2.11. The van der Waals surface area contributed by atoms with Crippen molar-refractivity contribution >= 4 is 5.78 Å². The Morgan fingerprint density at radius 1 is 1.17 bits per heavy atom. The summed E-state index contributed by atoms with van der Waals surface area (Å²) in [5.74, 6) is -0.130. The number of ketones is 1. The van der Waals surface area contributed by atoms with Gasteiger partial charge in [0.2, 0.25) is 0 Å². The van der Waals surface area contributed by atoms with Gasteiger partial charge in [-0.15, -0.1) is 0 Å². The van der Waals surface area contributed by atoms with Crippen molar-refractivity contribution in [3.05, 3.63) is 35.4 Å². The van der Waals surface area contributed by atoms with E-state index in [4.69, 9.17) is 0 Å². The van der Waals surface area contributed by atoms with E-state index >= 15 is 0 Å². The first-order chi connectivity index (χ1) is 10.9. The second-order valence-corrected chi connectivity index (χ2v) is 6.87. The summed E-state index contributed by atoms with van der Waals surface area (Å²) in [4.78, 5) is 15.0. The van der Waals surface area contributed by atoms with Crippen LogP contribution in [0.4, 0.5) is 13.2 Å². The monoisotopic (exact) mass is 325 g/mol. The molecule has 1 aromatic carbocycles. The van der Waals surface area contributed by atoms with E-state index in [1.807, 2.05) is 0 Å². The van der Waals surface area contributed by atoms with Gasteiger partial charge < -0.3 is 4.90 Å². The molecule has 2 aliphatic rings. The Morgan fingerprint density at radius 3 is 2.39 bits per heavy atom. The molecule has 0 N–H and O–H groups in total. The first-order valence-electron chi connectivity index (χ1n) is 8.26. The molecule has 0 spiro atoms. The van der Waals surface area contributed by atoms with Gasteiger partial charge in [-0.3, -0.25) is 4.79 Å². The maximum atomic E-state index is 13.1. The Balaban J connectivity index is 1.73. The number of hydrogen-bond donors (Lipinski definition) is 0. The van der Waals surface area contributed by atoms with Crippen LogP contribution in [0.15, 0.2) is 24.3 Å². The SMILES string of the molecule is CN1C2CCCC1CC(C(=O)Cc1ccccc1C(F)(F)F)C2. The van der Waals surface area contributed by atoms with E-state index in [0.29, 0.717) is 12.1 Å². The van der Waals surface area contributed by atoms with Crippen LogP contribution < -0.4 is 0 Å². The Bertz CT molecular complexity index is 570. The van der Waals surface area contributed by atoms with Gasteiger partial charge in [0.15, 0.2) is 0 Å². The van der Waals surface area contributed by atoms with E-state index in [0.717, 1.165) is 31.7 Å². The fraction of sp³-hybridized carbons (Fsp3) is 0.611. The molecule has 5 heteroatoms. The molecule has 2 saturated heterocycles. The number of halogens is 3. The molecule has 23 heavy (non-hydrogen) atoms. The van der Waals surface area contributed by atoms with Gasteiger partial charge in [-0.1, -0.05) is 24.6 Å². The third-order valence-corrected chi connectivity index (χ3v) is 5.48. The number of carbonyl (C=O) groups excluding carboxylic acids is 1. The summed E-state index contributed by atoms with van der Waals surface area (Å²) in [5, 5.41) is 0. The van der Waals surface area contributed by atoms with Crippen LogP contribution in [0.3, 0.4) is 0 Å². The third-order valence-electron chi connectivity index (χ3n) is 5.48. The molecule has 0 saturated carbocycles. The van der Waals surface area contributed by atoms with Crippen molar-refractivity contribution in [1.82, 2.24) is 4.90 Å². The summed E-state index contributed by atoms with van der Waals surface area (Å²) in [6, 6.07) is 6.25. The number of nitrogens with zero attached hydrogens (tertiary/aromatic N) is 1. The summed E-state index contributed by atoms with van der Waals surface area (Å²) < 4.78 is 39.2. The highest BCUT2D eigenvalue weighted by Gasteiger charge is 2.39. The molecule has 126 valence electrons. The number of carbonyl (C=O) groups is 1. The van der Waals surface area contributed by atoms with Gasteiger partial charge in [0, 0.05) is 24.4 Å². The largest absolute Gasteiger partial charge is 0.416 e. The molecular formula is C18H22F3NO. The Hall–Kier alpha value is -1.36. The molecule has 2 atom stereocenters. The van der Waals surface area contributed by atoms with Gasteiger partial charge in [-0.05, 0) is 44.4 Å². The minimum atomic E-state index is -4.40. The van der Waals surface area contributed by atoms with Crippen molar-refractivity contribution in [3.63, 3.8) is 0 Å². The van der Waals surface area contributed by atoms with Gasteiger partial charge in [0.05, 0.1) is 5.56 Å². The van der Waals surface area contributed by atoms with Gasteiger partial charge in [0.1, 0.15) is 5.78 Å². The van der Waals surface area contributed by atoms with E-state index in [9.17, 15) is 18.0 Å². The van der Waals surface area contributed by atoms with Crippen LogP contribution >= 0.6 is 0 Å². The number of hydrogen-bond acceptors (Lipinski definition) is 2. The maximum Gasteiger partial charge on any atom is 0.416 e. The molecular weight excluding hydrogens is 303 g/mol. The number of rotatable bonds is 3. The first kappa shape index (κ1) is 16.5. The number of fused-ring (bicyclic) bond motifs is 2. The average molecular weight is 325 g/mol. The van der Waals surface area contributed by atoms with E-state index in [-0.39, 0.29) is 23.7 Å². The predicted octanol–water partition coefficient (Wildman–Crippen LogP) is 4.08. The fourth-order valence-electron chi connectivity index (χ4n) is 4.16. The van der Waals surface area contributed by atoms with Gasteiger partial charge in [-0.2, -0.15) is 13.2 Å². The number of alkyl halides is 3. The van der Waals surface area contributed by atoms with Gasteiger partial charge in [0.25, 0.3) is 0 Å². The molecule has 2 heterocycles.